The summed E-state index contributed by atoms with van der Waals surface area (Å²) in [5.74, 6) is 0.118. The summed E-state index contributed by atoms with van der Waals surface area (Å²) in [6.07, 6.45) is -5.10. The Morgan fingerprint density at radius 3 is 2.48 bits per heavy atom. The molecule has 0 bridgehead atoms. The number of nitrogens with zero attached hydrogens (tertiary/aromatic N) is 3. The molecule has 0 atom stereocenters. The van der Waals surface area contributed by atoms with Crippen LogP contribution in [0.5, 0.6) is 0 Å². The number of alkyl halides is 3. The van der Waals surface area contributed by atoms with Crippen molar-refractivity contribution in [2.45, 2.75) is 19.1 Å². The average Bonchev–Trinajstić information content (AvgIpc) is 2.55. The molecule has 25 heavy (non-hydrogen) atoms. The zero-order valence-electron chi connectivity index (χ0n) is 13.9. The summed E-state index contributed by atoms with van der Waals surface area (Å²) in [4.78, 5) is 7.99. The molecule has 1 heterocycles. The maximum atomic E-state index is 13.9. The second-order valence-corrected chi connectivity index (χ2v) is 6.21. The van der Waals surface area contributed by atoms with E-state index in [-0.39, 0.29) is 12.4 Å². The van der Waals surface area contributed by atoms with Gasteiger partial charge in [-0.25, -0.2) is 4.39 Å². The first-order chi connectivity index (χ1) is 11.8. The SMILES string of the molecule is CN=C(NCCC(F)(F)F)N1CCN(Cc2c(F)cccc2Cl)CC1. The predicted octanol–water partition coefficient (Wildman–Crippen LogP) is 3.12. The highest BCUT2D eigenvalue weighted by molar-refractivity contribution is 6.31. The molecule has 2 rings (SSSR count). The van der Waals surface area contributed by atoms with Crippen molar-refractivity contribution in [3.05, 3.63) is 34.6 Å². The van der Waals surface area contributed by atoms with E-state index in [1.807, 2.05) is 4.90 Å². The van der Waals surface area contributed by atoms with Crippen molar-refractivity contribution in [2.75, 3.05) is 39.8 Å². The highest BCUT2D eigenvalue weighted by Gasteiger charge is 2.27. The lowest BCUT2D eigenvalue weighted by Crippen LogP contribution is -2.52. The monoisotopic (exact) mass is 380 g/mol. The third-order valence-electron chi connectivity index (χ3n) is 4.02. The Morgan fingerprint density at radius 1 is 1.24 bits per heavy atom. The van der Waals surface area contributed by atoms with Crippen molar-refractivity contribution in [3.63, 3.8) is 0 Å². The van der Waals surface area contributed by atoms with E-state index in [0.717, 1.165) is 0 Å². The minimum Gasteiger partial charge on any atom is -0.356 e. The number of hydrogen-bond acceptors (Lipinski definition) is 2. The fourth-order valence-corrected chi connectivity index (χ4v) is 2.90. The van der Waals surface area contributed by atoms with E-state index < -0.39 is 12.6 Å². The standard InChI is InChI=1S/C16H21ClF4N4/c1-22-15(23-6-5-16(19,20)21)25-9-7-24(8-10-25)11-12-13(17)3-2-4-14(12)18/h2-4H,5-11H2,1H3,(H,22,23). The third kappa shape index (κ3) is 6.04. The minimum absolute atomic E-state index is 0.207. The molecule has 1 aliphatic heterocycles. The van der Waals surface area contributed by atoms with Crippen molar-refractivity contribution in [2.24, 2.45) is 4.99 Å². The molecule has 9 heteroatoms. The van der Waals surface area contributed by atoms with Gasteiger partial charge in [0.15, 0.2) is 5.96 Å². The minimum atomic E-state index is -4.19. The van der Waals surface area contributed by atoms with E-state index in [1.165, 1.54) is 6.07 Å². The summed E-state index contributed by atoms with van der Waals surface area (Å²) >= 11 is 6.05. The van der Waals surface area contributed by atoms with Crippen LogP contribution >= 0.6 is 11.6 Å². The van der Waals surface area contributed by atoms with Crippen molar-refractivity contribution in [1.82, 2.24) is 15.1 Å². The molecular formula is C16H21ClF4N4. The van der Waals surface area contributed by atoms with Crippen LogP contribution < -0.4 is 5.32 Å². The quantitative estimate of drug-likeness (QED) is 0.494. The predicted molar refractivity (Wildman–Crippen MR) is 90.3 cm³/mol. The molecule has 0 aliphatic carbocycles. The summed E-state index contributed by atoms with van der Waals surface area (Å²) in [7, 11) is 1.54. The first-order valence-corrected chi connectivity index (χ1v) is 8.35. The molecule has 1 N–H and O–H groups in total. The van der Waals surface area contributed by atoms with E-state index in [4.69, 9.17) is 11.6 Å². The van der Waals surface area contributed by atoms with Crippen molar-refractivity contribution in [3.8, 4) is 0 Å². The molecule has 1 aromatic carbocycles. The van der Waals surface area contributed by atoms with Gasteiger partial charge in [0, 0.05) is 56.9 Å². The molecule has 0 unspecified atom stereocenters. The maximum absolute atomic E-state index is 13.9. The fraction of sp³-hybridized carbons (Fsp3) is 0.562. The second-order valence-electron chi connectivity index (χ2n) is 5.80. The van der Waals surface area contributed by atoms with Gasteiger partial charge in [-0.2, -0.15) is 13.2 Å². The topological polar surface area (TPSA) is 30.9 Å². The van der Waals surface area contributed by atoms with E-state index in [2.05, 4.69) is 15.2 Å². The molecule has 140 valence electrons. The fourth-order valence-electron chi connectivity index (χ4n) is 2.67. The lowest BCUT2D eigenvalue weighted by atomic mass is 10.2. The van der Waals surface area contributed by atoms with Crippen LogP contribution in [0.4, 0.5) is 17.6 Å². The van der Waals surface area contributed by atoms with Gasteiger partial charge in [-0.05, 0) is 12.1 Å². The van der Waals surface area contributed by atoms with Crippen LogP contribution in [0.1, 0.15) is 12.0 Å². The molecule has 0 aromatic heterocycles. The van der Waals surface area contributed by atoms with Crippen LogP contribution in [0.2, 0.25) is 5.02 Å². The second kappa shape index (κ2) is 8.71. The molecule has 1 saturated heterocycles. The number of aliphatic imine (C=N–C) groups is 1. The van der Waals surface area contributed by atoms with E-state index in [0.29, 0.717) is 49.3 Å². The van der Waals surface area contributed by atoms with Gasteiger partial charge in [-0.1, -0.05) is 17.7 Å². The van der Waals surface area contributed by atoms with Crippen LogP contribution in [0.25, 0.3) is 0 Å². The van der Waals surface area contributed by atoms with Gasteiger partial charge in [-0.3, -0.25) is 9.89 Å². The van der Waals surface area contributed by atoms with Crippen molar-refractivity contribution >= 4 is 17.6 Å². The van der Waals surface area contributed by atoms with Crippen molar-refractivity contribution in [1.29, 1.82) is 0 Å². The Kier molecular flexibility index (Phi) is 6.89. The van der Waals surface area contributed by atoms with Gasteiger partial charge in [0.25, 0.3) is 0 Å². The van der Waals surface area contributed by atoms with Crippen LogP contribution in [-0.2, 0) is 6.54 Å². The number of benzene rings is 1. The number of piperazine rings is 1. The van der Waals surface area contributed by atoms with Crippen molar-refractivity contribution < 1.29 is 17.6 Å². The van der Waals surface area contributed by atoms with Gasteiger partial charge in [0.2, 0.25) is 0 Å². The summed E-state index contributed by atoms with van der Waals surface area (Å²) in [6, 6.07) is 4.60. The number of nitrogens with one attached hydrogen (secondary N) is 1. The number of hydrogen-bond donors (Lipinski definition) is 1. The third-order valence-corrected chi connectivity index (χ3v) is 4.37. The Bertz CT molecular complexity index is 578. The average molecular weight is 381 g/mol. The van der Waals surface area contributed by atoms with Gasteiger partial charge in [-0.15, -0.1) is 0 Å². The highest BCUT2D eigenvalue weighted by atomic mass is 35.5. The maximum Gasteiger partial charge on any atom is 0.390 e. The highest BCUT2D eigenvalue weighted by Crippen LogP contribution is 2.21. The first kappa shape index (κ1) is 19.8. The van der Waals surface area contributed by atoms with Crippen LogP contribution in [0.3, 0.4) is 0 Å². The van der Waals surface area contributed by atoms with E-state index >= 15 is 0 Å². The Morgan fingerprint density at radius 2 is 1.92 bits per heavy atom. The summed E-state index contributed by atoms with van der Waals surface area (Å²) in [6.45, 7) is 2.67. The largest absolute Gasteiger partial charge is 0.390 e. The summed E-state index contributed by atoms with van der Waals surface area (Å²) in [5.41, 5.74) is 0.463. The molecule has 1 aromatic rings. The molecular weight excluding hydrogens is 360 g/mol. The van der Waals surface area contributed by atoms with Crippen LogP contribution in [-0.4, -0.2) is 61.7 Å². The summed E-state index contributed by atoms with van der Waals surface area (Å²) < 4.78 is 50.6. The van der Waals surface area contributed by atoms with E-state index in [9.17, 15) is 17.6 Å². The molecule has 4 nitrogen and oxygen atoms in total. The van der Waals surface area contributed by atoms with E-state index in [1.54, 1.807) is 19.2 Å². The summed E-state index contributed by atoms with van der Waals surface area (Å²) in [5, 5.41) is 3.13. The molecule has 1 fully saturated rings. The molecule has 0 amide bonds. The Hall–Kier alpha value is -1.54. The zero-order valence-corrected chi connectivity index (χ0v) is 14.7. The van der Waals surface area contributed by atoms with Crippen LogP contribution in [0, 0.1) is 5.82 Å². The Balaban J connectivity index is 1.84. The molecule has 0 saturated carbocycles. The zero-order chi connectivity index (χ0) is 18.4. The Labute approximate surface area is 149 Å². The number of rotatable bonds is 4. The van der Waals surface area contributed by atoms with Gasteiger partial charge < -0.3 is 10.2 Å². The van der Waals surface area contributed by atoms with Crippen LogP contribution in [0.15, 0.2) is 23.2 Å². The van der Waals surface area contributed by atoms with Gasteiger partial charge >= 0.3 is 6.18 Å². The molecule has 0 spiro atoms. The van der Waals surface area contributed by atoms with Gasteiger partial charge in [0.05, 0.1) is 6.42 Å². The molecule has 1 aliphatic rings. The smallest absolute Gasteiger partial charge is 0.356 e. The first-order valence-electron chi connectivity index (χ1n) is 7.98. The lowest BCUT2D eigenvalue weighted by Gasteiger charge is -2.36. The number of halogens is 5. The van der Waals surface area contributed by atoms with Gasteiger partial charge in [0.1, 0.15) is 5.82 Å². The number of guanidine groups is 1. The normalized spacial score (nSPS) is 17.0. The molecule has 0 radical (unpaired) electrons. The lowest BCUT2D eigenvalue weighted by molar-refractivity contribution is -0.132.